The third-order valence-electron chi connectivity index (χ3n) is 5.37. The summed E-state index contributed by atoms with van der Waals surface area (Å²) in [6.45, 7) is 1.57. The topological polar surface area (TPSA) is 42.0 Å². The molecule has 0 aliphatic heterocycles. The smallest absolute Gasteiger partial charge is 0.349 e. The third kappa shape index (κ3) is 5.12. The molecule has 1 saturated carbocycles. The molecule has 1 heterocycles. The van der Waals surface area contributed by atoms with Crippen molar-refractivity contribution in [1.29, 1.82) is 0 Å². The van der Waals surface area contributed by atoms with Gasteiger partial charge in [0.15, 0.2) is 0 Å². The van der Waals surface area contributed by atoms with E-state index in [1.165, 1.54) is 6.07 Å². The lowest BCUT2D eigenvalue weighted by Crippen LogP contribution is -2.47. The van der Waals surface area contributed by atoms with Crippen molar-refractivity contribution in [2.45, 2.75) is 44.6 Å². The molecule has 1 fully saturated rings. The van der Waals surface area contributed by atoms with Crippen LogP contribution < -0.4 is 5.32 Å². The number of halogens is 6. The van der Waals surface area contributed by atoms with E-state index < -0.39 is 55.4 Å². The Bertz CT molecular complexity index is 873. The molecule has 1 aliphatic rings. The number of nitrogens with one attached hydrogen (secondary N) is 1. The Morgan fingerprint density at radius 1 is 0.900 bits per heavy atom. The summed E-state index contributed by atoms with van der Waals surface area (Å²) in [6.07, 6.45) is -11.7. The number of aromatic nitrogens is 1. The van der Waals surface area contributed by atoms with Crippen molar-refractivity contribution in [3.05, 3.63) is 53.7 Å². The molecule has 162 valence electrons. The molecular weight excluding hydrogens is 410 g/mol. The first-order valence-corrected chi connectivity index (χ1v) is 9.42. The van der Waals surface area contributed by atoms with Crippen LogP contribution in [0, 0.1) is 18.8 Å². The number of rotatable bonds is 3. The summed E-state index contributed by atoms with van der Waals surface area (Å²) in [5, 5.41) is 2.36. The Kier molecular flexibility index (Phi) is 6.10. The van der Waals surface area contributed by atoms with E-state index in [0.717, 1.165) is 5.56 Å². The SMILES string of the molecule is Cc1nc(-c2ccccc2)ccc1C(=O)NC1CC(C(F)(F)F)CC(C(F)(F)F)C1. The van der Waals surface area contributed by atoms with Crippen molar-refractivity contribution in [1.82, 2.24) is 10.3 Å². The van der Waals surface area contributed by atoms with E-state index in [9.17, 15) is 31.1 Å². The largest absolute Gasteiger partial charge is 0.391 e. The molecular formula is C21H20F6N2O. The summed E-state index contributed by atoms with van der Waals surface area (Å²) in [7, 11) is 0. The van der Waals surface area contributed by atoms with Gasteiger partial charge in [0.1, 0.15) is 0 Å². The minimum absolute atomic E-state index is 0.118. The molecule has 1 aliphatic carbocycles. The monoisotopic (exact) mass is 430 g/mol. The summed E-state index contributed by atoms with van der Waals surface area (Å²) in [5.74, 6) is -4.95. The van der Waals surface area contributed by atoms with E-state index in [-0.39, 0.29) is 5.56 Å². The maximum Gasteiger partial charge on any atom is 0.391 e. The lowest BCUT2D eigenvalue weighted by Gasteiger charge is -2.37. The van der Waals surface area contributed by atoms with Gasteiger partial charge in [-0.3, -0.25) is 9.78 Å². The molecule has 0 bridgehead atoms. The number of hydrogen-bond acceptors (Lipinski definition) is 2. The normalized spacial score (nSPS) is 22.6. The minimum atomic E-state index is -4.75. The van der Waals surface area contributed by atoms with Gasteiger partial charge in [-0.1, -0.05) is 30.3 Å². The molecule has 2 aromatic rings. The van der Waals surface area contributed by atoms with Gasteiger partial charge in [0.05, 0.1) is 28.8 Å². The van der Waals surface area contributed by atoms with Crippen LogP contribution in [0.1, 0.15) is 35.3 Å². The molecule has 2 atom stereocenters. The average molecular weight is 430 g/mol. The molecule has 3 rings (SSSR count). The van der Waals surface area contributed by atoms with Gasteiger partial charge < -0.3 is 5.32 Å². The minimum Gasteiger partial charge on any atom is -0.349 e. The van der Waals surface area contributed by atoms with Gasteiger partial charge in [0.2, 0.25) is 0 Å². The Labute approximate surface area is 169 Å². The molecule has 1 aromatic heterocycles. The Morgan fingerprint density at radius 2 is 1.47 bits per heavy atom. The molecule has 0 spiro atoms. The summed E-state index contributed by atoms with van der Waals surface area (Å²) >= 11 is 0. The number of carbonyl (C=O) groups excluding carboxylic acids is 1. The van der Waals surface area contributed by atoms with E-state index in [2.05, 4.69) is 10.3 Å². The quantitative estimate of drug-likeness (QED) is 0.635. The first-order chi connectivity index (χ1) is 13.9. The van der Waals surface area contributed by atoms with Crippen LogP contribution in [0.3, 0.4) is 0 Å². The molecule has 3 nitrogen and oxygen atoms in total. The summed E-state index contributed by atoms with van der Waals surface area (Å²) in [6, 6.07) is 11.0. The van der Waals surface area contributed by atoms with E-state index >= 15 is 0 Å². The van der Waals surface area contributed by atoms with E-state index in [4.69, 9.17) is 0 Å². The Morgan fingerprint density at radius 3 is 1.97 bits per heavy atom. The lowest BCUT2D eigenvalue weighted by molar-refractivity contribution is -0.225. The van der Waals surface area contributed by atoms with Crippen molar-refractivity contribution in [2.75, 3.05) is 0 Å². The van der Waals surface area contributed by atoms with Gasteiger partial charge in [-0.15, -0.1) is 0 Å². The van der Waals surface area contributed by atoms with Crippen molar-refractivity contribution < 1.29 is 31.1 Å². The highest BCUT2D eigenvalue weighted by molar-refractivity contribution is 5.95. The van der Waals surface area contributed by atoms with Crippen LogP contribution in [0.25, 0.3) is 11.3 Å². The van der Waals surface area contributed by atoms with Crippen molar-refractivity contribution in [3.8, 4) is 11.3 Å². The molecule has 1 aromatic carbocycles. The zero-order valence-corrected chi connectivity index (χ0v) is 16.0. The fourth-order valence-electron chi connectivity index (χ4n) is 3.81. The summed E-state index contributed by atoms with van der Waals surface area (Å²) in [5.41, 5.74) is 1.88. The first kappa shape index (κ1) is 22.1. The highest BCUT2D eigenvalue weighted by atomic mass is 19.4. The fourth-order valence-corrected chi connectivity index (χ4v) is 3.81. The number of alkyl halides is 6. The predicted molar refractivity (Wildman–Crippen MR) is 98.6 cm³/mol. The summed E-state index contributed by atoms with van der Waals surface area (Å²) in [4.78, 5) is 16.9. The standard InChI is InChI=1S/C21H20F6N2O/c1-12-17(7-8-18(28-12)13-5-3-2-4-6-13)19(30)29-16-10-14(20(22,23)24)9-15(11-16)21(25,26)27/h2-8,14-16H,9-11H2,1H3,(H,29,30). The lowest BCUT2D eigenvalue weighted by atomic mass is 9.77. The highest BCUT2D eigenvalue weighted by Crippen LogP contribution is 2.45. The highest BCUT2D eigenvalue weighted by Gasteiger charge is 2.52. The summed E-state index contributed by atoms with van der Waals surface area (Å²) < 4.78 is 78.7. The molecule has 1 N–H and O–H groups in total. The zero-order chi connectivity index (χ0) is 22.1. The van der Waals surface area contributed by atoms with E-state index in [0.29, 0.717) is 11.4 Å². The van der Waals surface area contributed by atoms with Crippen LogP contribution in [-0.4, -0.2) is 29.3 Å². The van der Waals surface area contributed by atoms with Crippen LogP contribution in [0.5, 0.6) is 0 Å². The van der Waals surface area contributed by atoms with Gasteiger partial charge in [-0.2, -0.15) is 26.3 Å². The Balaban J connectivity index is 1.77. The number of amides is 1. The van der Waals surface area contributed by atoms with Gasteiger partial charge >= 0.3 is 12.4 Å². The number of nitrogens with zero attached hydrogens (tertiary/aromatic N) is 1. The van der Waals surface area contributed by atoms with Gasteiger partial charge in [0.25, 0.3) is 5.91 Å². The van der Waals surface area contributed by atoms with Gasteiger partial charge in [0, 0.05) is 11.6 Å². The second-order valence-electron chi connectivity index (χ2n) is 7.55. The number of benzene rings is 1. The molecule has 9 heteroatoms. The number of carbonyl (C=O) groups is 1. The number of aryl methyl sites for hydroxylation is 1. The average Bonchev–Trinajstić information content (AvgIpc) is 2.67. The van der Waals surface area contributed by atoms with Crippen LogP contribution in [-0.2, 0) is 0 Å². The molecule has 30 heavy (non-hydrogen) atoms. The Hall–Kier alpha value is -2.58. The van der Waals surface area contributed by atoms with Crippen LogP contribution >= 0.6 is 0 Å². The second kappa shape index (κ2) is 8.28. The maximum atomic E-state index is 13.1. The number of hydrogen-bond donors (Lipinski definition) is 1. The van der Waals surface area contributed by atoms with Gasteiger partial charge in [-0.05, 0) is 38.3 Å². The van der Waals surface area contributed by atoms with Crippen molar-refractivity contribution >= 4 is 5.91 Å². The first-order valence-electron chi connectivity index (χ1n) is 9.42. The zero-order valence-electron chi connectivity index (χ0n) is 16.0. The fraction of sp³-hybridized carbons (Fsp3) is 0.429. The van der Waals surface area contributed by atoms with Crippen molar-refractivity contribution in [3.63, 3.8) is 0 Å². The van der Waals surface area contributed by atoms with Crippen LogP contribution in [0.15, 0.2) is 42.5 Å². The van der Waals surface area contributed by atoms with E-state index in [1.807, 2.05) is 30.3 Å². The predicted octanol–water partition coefficient (Wildman–Crippen LogP) is 5.70. The molecule has 1 amide bonds. The van der Waals surface area contributed by atoms with Gasteiger partial charge in [-0.25, -0.2) is 0 Å². The van der Waals surface area contributed by atoms with Crippen molar-refractivity contribution in [2.24, 2.45) is 11.8 Å². The molecule has 0 radical (unpaired) electrons. The van der Waals surface area contributed by atoms with Crippen LogP contribution in [0.2, 0.25) is 0 Å². The van der Waals surface area contributed by atoms with E-state index in [1.54, 1.807) is 13.0 Å². The third-order valence-corrected chi connectivity index (χ3v) is 5.37. The second-order valence-corrected chi connectivity index (χ2v) is 7.55. The molecule has 0 saturated heterocycles. The number of pyridine rings is 1. The molecule has 2 unspecified atom stereocenters. The van der Waals surface area contributed by atoms with Crippen LogP contribution in [0.4, 0.5) is 26.3 Å². The maximum absolute atomic E-state index is 13.1.